The lowest BCUT2D eigenvalue weighted by molar-refractivity contribution is -0.898. The average molecular weight is 349 g/mol. The van der Waals surface area contributed by atoms with E-state index in [4.69, 9.17) is 4.18 Å². The number of para-hydroxylation sites is 1. The molecule has 1 aliphatic heterocycles. The largest absolute Gasteiger partial charge is 0.382 e. The number of rotatable bonds is 6. The molecule has 2 heterocycles. The van der Waals surface area contributed by atoms with Crippen LogP contribution < -0.4 is 14.0 Å². The summed E-state index contributed by atoms with van der Waals surface area (Å²) in [5.74, 6) is 1.11. The van der Waals surface area contributed by atoms with Gasteiger partial charge in [0.15, 0.2) is 0 Å². The number of benzene rings is 1. The summed E-state index contributed by atoms with van der Waals surface area (Å²) >= 11 is 0. The Kier molecular flexibility index (Phi) is 5.27. The number of hydrogen-bond donors (Lipinski definition) is 1. The minimum atomic E-state index is -3.56. The molecule has 0 spiro atoms. The Hall–Kier alpha value is -2.19. The molecule has 1 N–H and O–H groups in total. The second-order valence-electron chi connectivity index (χ2n) is 5.69. The quantitative estimate of drug-likeness (QED) is 0.715. The number of nitrogens with one attached hydrogen (secondary N) is 1. The molecule has 1 aromatic heterocycles. The van der Waals surface area contributed by atoms with E-state index in [1.54, 1.807) is 42.7 Å². The molecule has 0 bridgehead atoms. The fourth-order valence-electron chi connectivity index (χ4n) is 2.66. The Labute approximate surface area is 142 Å². The lowest BCUT2D eigenvalue weighted by Gasteiger charge is -2.31. The molecule has 0 aliphatic carbocycles. The summed E-state index contributed by atoms with van der Waals surface area (Å²) in [6.45, 7) is 3.90. The molecule has 0 amide bonds. The maximum absolute atomic E-state index is 12.1. The van der Waals surface area contributed by atoms with Gasteiger partial charge < -0.3 is 14.0 Å². The van der Waals surface area contributed by atoms with Gasteiger partial charge in [0.1, 0.15) is 11.5 Å². The SMILES string of the molecule is O=S(=O)(CC[NH+]1CCN(c2ncccn2)CC1)Oc1ccccc1. The standard InChI is InChI=1S/C16H20N4O3S/c21-24(22,23-15-5-2-1-3-6-15)14-13-19-9-11-20(12-10-19)16-17-7-4-8-18-16/h1-8H,9-14H2/p+1. The van der Waals surface area contributed by atoms with E-state index in [0.29, 0.717) is 12.3 Å². The molecule has 1 aromatic carbocycles. The van der Waals surface area contributed by atoms with Crippen LogP contribution in [0.1, 0.15) is 0 Å². The highest BCUT2D eigenvalue weighted by atomic mass is 32.2. The van der Waals surface area contributed by atoms with Crippen molar-refractivity contribution in [1.82, 2.24) is 9.97 Å². The van der Waals surface area contributed by atoms with Crippen molar-refractivity contribution in [1.29, 1.82) is 0 Å². The topological polar surface area (TPSA) is 76.8 Å². The number of quaternary nitrogens is 1. The minimum Gasteiger partial charge on any atom is -0.382 e. The van der Waals surface area contributed by atoms with E-state index in [0.717, 1.165) is 32.1 Å². The smallest absolute Gasteiger partial charge is 0.314 e. The first-order valence-corrected chi connectivity index (χ1v) is 9.53. The Morgan fingerprint density at radius 3 is 2.38 bits per heavy atom. The molecule has 128 valence electrons. The van der Waals surface area contributed by atoms with Crippen LogP contribution in [0.25, 0.3) is 0 Å². The second kappa shape index (κ2) is 7.59. The van der Waals surface area contributed by atoms with Crippen molar-refractivity contribution in [3.05, 3.63) is 48.8 Å². The normalized spacial score (nSPS) is 16.1. The van der Waals surface area contributed by atoms with Crippen molar-refractivity contribution in [3.63, 3.8) is 0 Å². The molecule has 1 fully saturated rings. The summed E-state index contributed by atoms with van der Waals surface area (Å²) in [4.78, 5) is 11.9. The van der Waals surface area contributed by atoms with Crippen LogP contribution in [0.15, 0.2) is 48.8 Å². The van der Waals surface area contributed by atoms with E-state index < -0.39 is 10.1 Å². The summed E-state index contributed by atoms with van der Waals surface area (Å²) in [5, 5.41) is 0. The monoisotopic (exact) mass is 349 g/mol. The van der Waals surface area contributed by atoms with E-state index >= 15 is 0 Å². The first-order valence-electron chi connectivity index (χ1n) is 7.95. The van der Waals surface area contributed by atoms with E-state index in [1.807, 2.05) is 6.07 Å². The Bertz CT molecular complexity index is 732. The lowest BCUT2D eigenvalue weighted by atomic mass is 10.3. The van der Waals surface area contributed by atoms with Gasteiger partial charge in [-0.05, 0) is 18.2 Å². The maximum Gasteiger partial charge on any atom is 0.314 e. The van der Waals surface area contributed by atoms with Gasteiger partial charge in [0, 0.05) is 12.4 Å². The van der Waals surface area contributed by atoms with Gasteiger partial charge in [-0.25, -0.2) is 9.97 Å². The predicted molar refractivity (Wildman–Crippen MR) is 90.7 cm³/mol. The summed E-state index contributed by atoms with van der Waals surface area (Å²) in [6, 6.07) is 10.4. The molecule has 24 heavy (non-hydrogen) atoms. The molecular formula is C16H21N4O3S+. The van der Waals surface area contributed by atoms with Gasteiger partial charge in [0.2, 0.25) is 5.95 Å². The van der Waals surface area contributed by atoms with Crippen molar-refractivity contribution in [2.75, 3.05) is 43.4 Å². The van der Waals surface area contributed by atoms with Crippen molar-refractivity contribution in [3.8, 4) is 5.75 Å². The van der Waals surface area contributed by atoms with Crippen LogP contribution in [-0.2, 0) is 10.1 Å². The summed E-state index contributed by atoms with van der Waals surface area (Å²) < 4.78 is 29.2. The van der Waals surface area contributed by atoms with Crippen LogP contribution in [0.5, 0.6) is 5.75 Å². The molecule has 0 radical (unpaired) electrons. The fourth-order valence-corrected chi connectivity index (χ4v) is 3.69. The Morgan fingerprint density at radius 2 is 1.71 bits per heavy atom. The molecule has 1 saturated heterocycles. The molecular weight excluding hydrogens is 328 g/mol. The van der Waals surface area contributed by atoms with Crippen molar-refractivity contribution >= 4 is 16.1 Å². The second-order valence-corrected chi connectivity index (χ2v) is 7.38. The number of aromatic nitrogens is 2. The molecule has 3 rings (SSSR count). The van der Waals surface area contributed by atoms with E-state index in [1.165, 1.54) is 4.90 Å². The highest BCUT2D eigenvalue weighted by molar-refractivity contribution is 7.87. The molecule has 2 aromatic rings. The molecule has 0 atom stereocenters. The number of nitrogens with zero attached hydrogens (tertiary/aromatic N) is 3. The minimum absolute atomic E-state index is 0.0130. The van der Waals surface area contributed by atoms with Gasteiger partial charge in [-0.15, -0.1) is 0 Å². The third-order valence-electron chi connectivity index (χ3n) is 3.98. The molecule has 0 unspecified atom stereocenters. The van der Waals surface area contributed by atoms with Crippen molar-refractivity contribution in [2.24, 2.45) is 0 Å². The Balaban J connectivity index is 1.46. The van der Waals surface area contributed by atoms with Crippen LogP contribution in [0.2, 0.25) is 0 Å². The summed E-state index contributed by atoms with van der Waals surface area (Å²) in [6.07, 6.45) is 3.46. The van der Waals surface area contributed by atoms with Gasteiger partial charge in [0.25, 0.3) is 0 Å². The number of anilines is 1. The zero-order valence-electron chi connectivity index (χ0n) is 13.3. The van der Waals surface area contributed by atoms with Gasteiger partial charge in [-0.3, -0.25) is 0 Å². The zero-order chi connectivity index (χ0) is 16.8. The molecule has 0 saturated carbocycles. The van der Waals surface area contributed by atoms with Crippen LogP contribution in [0.4, 0.5) is 5.95 Å². The van der Waals surface area contributed by atoms with Gasteiger partial charge >= 0.3 is 10.1 Å². The van der Waals surface area contributed by atoms with Gasteiger partial charge in [0.05, 0.1) is 32.7 Å². The zero-order valence-corrected chi connectivity index (χ0v) is 14.2. The highest BCUT2D eigenvalue weighted by Crippen LogP contribution is 2.11. The van der Waals surface area contributed by atoms with Crippen LogP contribution in [0.3, 0.4) is 0 Å². The third kappa shape index (κ3) is 4.65. The van der Waals surface area contributed by atoms with Gasteiger partial charge in [-0.2, -0.15) is 8.42 Å². The van der Waals surface area contributed by atoms with E-state index in [2.05, 4.69) is 14.9 Å². The maximum atomic E-state index is 12.1. The number of piperazine rings is 1. The summed E-state index contributed by atoms with van der Waals surface area (Å²) in [5.41, 5.74) is 0. The van der Waals surface area contributed by atoms with E-state index in [-0.39, 0.29) is 5.75 Å². The third-order valence-corrected chi connectivity index (χ3v) is 5.13. The Morgan fingerprint density at radius 1 is 1.04 bits per heavy atom. The van der Waals surface area contributed by atoms with Crippen LogP contribution >= 0.6 is 0 Å². The lowest BCUT2D eigenvalue weighted by Crippen LogP contribution is -3.15. The summed E-state index contributed by atoms with van der Waals surface area (Å²) in [7, 11) is -3.56. The van der Waals surface area contributed by atoms with E-state index in [9.17, 15) is 8.42 Å². The number of hydrogen-bond acceptors (Lipinski definition) is 6. The predicted octanol–water partition coefficient (Wildman–Crippen LogP) is -0.410. The first kappa shape index (κ1) is 16.7. The molecule has 7 nitrogen and oxygen atoms in total. The average Bonchev–Trinajstić information content (AvgIpc) is 2.62. The fraction of sp³-hybridized carbons (Fsp3) is 0.375. The van der Waals surface area contributed by atoms with Crippen LogP contribution in [-0.4, -0.2) is 56.9 Å². The van der Waals surface area contributed by atoms with Crippen molar-refractivity contribution < 1.29 is 17.5 Å². The van der Waals surface area contributed by atoms with Gasteiger partial charge in [-0.1, -0.05) is 18.2 Å². The van der Waals surface area contributed by atoms with Crippen molar-refractivity contribution in [2.45, 2.75) is 0 Å². The molecule has 1 aliphatic rings. The molecule has 8 heteroatoms. The highest BCUT2D eigenvalue weighted by Gasteiger charge is 2.24. The van der Waals surface area contributed by atoms with Crippen LogP contribution in [0, 0.1) is 0 Å². The first-order chi connectivity index (χ1) is 11.6.